The first-order valence-electron chi connectivity index (χ1n) is 11.6. The van der Waals surface area contributed by atoms with E-state index in [1.165, 1.54) is 5.57 Å². The first-order valence-corrected chi connectivity index (χ1v) is 11.6. The van der Waals surface area contributed by atoms with Gasteiger partial charge in [0.25, 0.3) is 0 Å². The van der Waals surface area contributed by atoms with Gasteiger partial charge in [-0.2, -0.15) is 0 Å². The Morgan fingerprint density at radius 1 is 1.09 bits per heavy atom. The van der Waals surface area contributed by atoms with E-state index in [9.17, 15) is 24.9 Å². The van der Waals surface area contributed by atoms with Crippen LogP contribution in [0.25, 0.3) is 11.0 Å². The van der Waals surface area contributed by atoms with E-state index in [1.807, 2.05) is 33.8 Å². The number of carbonyl (C=O) groups is 1. The van der Waals surface area contributed by atoms with E-state index in [-0.39, 0.29) is 39.8 Å². The molecule has 0 amide bonds. The van der Waals surface area contributed by atoms with Crippen molar-refractivity contribution < 1.29 is 24.5 Å². The van der Waals surface area contributed by atoms with Crippen LogP contribution in [0, 0.1) is 5.92 Å². The van der Waals surface area contributed by atoms with Crippen LogP contribution in [0.15, 0.2) is 38.6 Å². The summed E-state index contributed by atoms with van der Waals surface area (Å²) >= 11 is 0. The second-order valence-electron chi connectivity index (χ2n) is 8.95. The zero-order valence-corrected chi connectivity index (χ0v) is 20.5. The van der Waals surface area contributed by atoms with E-state index < -0.39 is 29.2 Å². The van der Waals surface area contributed by atoms with Gasteiger partial charge in [0.05, 0.1) is 11.5 Å². The normalized spacial score (nSPS) is 13.7. The summed E-state index contributed by atoms with van der Waals surface area (Å²) in [4.78, 5) is 25.4. The second kappa shape index (κ2) is 11.3. The number of aromatic hydroxyl groups is 2. The molecule has 0 aliphatic rings. The number of carbonyl (C=O) groups excluding carboxylic acids is 1. The predicted octanol–water partition coefficient (Wildman–Crippen LogP) is 6.11. The van der Waals surface area contributed by atoms with Crippen molar-refractivity contribution in [1.29, 1.82) is 0 Å². The van der Waals surface area contributed by atoms with Gasteiger partial charge < -0.3 is 19.7 Å². The maximum atomic E-state index is 13.1. The van der Waals surface area contributed by atoms with Crippen LogP contribution in [0.2, 0.25) is 0 Å². The molecular formula is C27H36O6. The third-order valence-corrected chi connectivity index (χ3v) is 6.06. The topological polar surface area (TPSA) is 108 Å². The standard InChI is InChI=1S/C27H36O6/c1-7-17(6)24(30)23-25(31)18(13-12-16(5)11-9-10-15(3)4)27-22(26(23)32)19(20(28)8-2)14-21(29)33-27/h10,12,14,17,20,28,31-32H,7-9,11,13H2,1-6H3/t17-,20+/m1/s1. The molecule has 1 aromatic carbocycles. The van der Waals surface area contributed by atoms with Gasteiger partial charge in [-0.1, -0.05) is 44.1 Å². The molecule has 2 rings (SSSR count). The van der Waals surface area contributed by atoms with Crippen molar-refractivity contribution in [1.82, 2.24) is 0 Å². The highest BCUT2D eigenvalue weighted by Gasteiger charge is 2.30. The number of fused-ring (bicyclic) bond motifs is 1. The average molecular weight is 457 g/mol. The molecule has 6 nitrogen and oxygen atoms in total. The lowest BCUT2D eigenvalue weighted by molar-refractivity contribution is 0.0921. The maximum Gasteiger partial charge on any atom is 0.336 e. The molecule has 1 heterocycles. The molecule has 0 aliphatic carbocycles. The van der Waals surface area contributed by atoms with Gasteiger partial charge in [-0.05, 0) is 52.9 Å². The van der Waals surface area contributed by atoms with Gasteiger partial charge in [0.15, 0.2) is 5.78 Å². The van der Waals surface area contributed by atoms with Gasteiger partial charge in [0, 0.05) is 23.1 Å². The lowest BCUT2D eigenvalue weighted by Crippen LogP contribution is -2.13. The molecule has 3 N–H and O–H groups in total. The van der Waals surface area contributed by atoms with Crippen molar-refractivity contribution >= 4 is 16.8 Å². The fourth-order valence-electron chi connectivity index (χ4n) is 3.77. The Morgan fingerprint density at radius 3 is 2.33 bits per heavy atom. The SMILES string of the molecule is CC[C@@H](C)C(=O)c1c(O)c(CC=C(C)CCC=C(C)C)c2oc(=O)cc([C@@H](O)CC)c2c1O. The van der Waals surface area contributed by atoms with Crippen LogP contribution in [0.4, 0.5) is 0 Å². The zero-order chi connectivity index (χ0) is 24.9. The van der Waals surface area contributed by atoms with Crippen molar-refractivity contribution in [2.75, 3.05) is 0 Å². The van der Waals surface area contributed by atoms with E-state index in [0.717, 1.165) is 24.5 Å². The summed E-state index contributed by atoms with van der Waals surface area (Å²) in [6.07, 6.45) is 5.77. The van der Waals surface area contributed by atoms with E-state index in [1.54, 1.807) is 13.8 Å². The van der Waals surface area contributed by atoms with E-state index in [2.05, 4.69) is 6.08 Å². The smallest absolute Gasteiger partial charge is 0.336 e. The Balaban J connectivity index is 2.79. The predicted molar refractivity (Wildman–Crippen MR) is 131 cm³/mol. The minimum Gasteiger partial charge on any atom is -0.507 e. The Hall–Kier alpha value is -2.86. The number of hydrogen-bond donors (Lipinski definition) is 3. The first-order chi connectivity index (χ1) is 15.5. The van der Waals surface area contributed by atoms with Gasteiger partial charge >= 0.3 is 5.63 Å². The summed E-state index contributed by atoms with van der Waals surface area (Å²) in [5, 5.41) is 32.8. The third-order valence-electron chi connectivity index (χ3n) is 6.06. The molecule has 0 unspecified atom stereocenters. The van der Waals surface area contributed by atoms with E-state index in [0.29, 0.717) is 12.8 Å². The van der Waals surface area contributed by atoms with Gasteiger partial charge in [-0.15, -0.1) is 0 Å². The molecule has 0 saturated heterocycles. The summed E-state index contributed by atoms with van der Waals surface area (Å²) in [5.41, 5.74) is 1.85. The van der Waals surface area contributed by atoms with Crippen molar-refractivity contribution in [3.8, 4) is 11.5 Å². The average Bonchev–Trinajstić information content (AvgIpc) is 2.76. The van der Waals surface area contributed by atoms with E-state index in [4.69, 9.17) is 4.42 Å². The lowest BCUT2D eigenvalue weighted by Gasteiger charge is -2.19. The monoisotopic (exact) mass is 456 g/mol. The van der Waals surface area contributed by atoms with Gasteiger partial charge in [-0.25, -0.2) is 4.79 Å². The van der Waals surface area contributed by atoms with Crippen molar-refractivity contribution in [3.63, 3.8) is 0 Å². The number of rotatable bonds is 10. The van der Waals surface area contributed by atoms with E-state index >= 15 is 0 Å². The summed E-state index contributed by atoms with van der Waals surface area (Å²) in [7, 11) is 0. The highest BCUT2D eigenvalue weighted by Crippen LogP contribution is 2.44. The summed E-state index contributed by atoms with van der Waals surface area (Å²) in [6.45, 7) is 11.4. The molecule has 0 bridgehead atoms. The van der Waals surface area contributed by atoms with Crippen molar-refractivity contribution in [2.45, 2.75) is 79.8 Å². The molecular weight excluding hydrogens is 420 g/mol. The van der Waals surface area contributed by atoms with Crippen LogP contribution in [-0.2, 0) is 6.42 Å². The number of aliphatic hydroxyl groups excluding tert-OH is 1. The number of ketones is 1. The molecule has 0 spiro atoms. The zero-order valence-electron chi connectivity index (χ0n) is 20.5. The molecule has 0 fully saturated rings. The van der Waals surface area contributed by atoms with Gasteiger partial charge in [0.1, 0.15) is 22.6 Å². The minimum absolute atomic E-state index is 0.00551. The Labute approximate surface area is 195 Å². The molecule has 180 valence electrons. The van der Waals surface area contributed by atoms with Gasteiger partial charge in [0.2, 0.25) is 0 Å². The highest BCUT2D eigenvalue weighted by molar-refractivity contribution is 6.09. The first kappa shape index (κ1) is 26.4. The Kier molecular flexibility index (Phi) is 9.06. The van der Waals surface area contributed by atoms with Crippen LogP contribution in [-0.4, -0.2) is 21.1 Å². The molecule has 0 saturated carbocycles. The molecule has 0 aliphatic heterocycles. The largest absolute Gasteiger partial charge is 0.507 e. The summed E-state index contributed by atoms with van der Waals surface area (Å²) < 4.78 is 5.42. The second-order valence-corrected chi connectivity index (χ2v) is 8.95. The summed E-state index contributed by atoms with van der Waals surface area (Å²) in [5.74, 6) is -1.68. The quantitative estimate of drug-likeness (QED) is 0.226. The number of aliphatic hydroxyl groups is 1. The fraction of sp³-hybridized carbons (Fsp3) is 0.481. The van der Waals surface area contributed by atoms with Crippen LogP contribution in [0.1, 0.15) is 94.8 Å². The number of allylic oxidation sites excluding steroid dienone is 4. The van der Waals surface area contributed by atoms with Crippen LogP contribution >= 0.6 is 0 Å². The number of phenols is 2. The molecule has 33 heavy (non-hydrogen) atoms. The summed E-state index contributed by atoms with van der Waals surface area (Å²) in [6, 6.07) is 1.13. The minimum atomic E-state index is -1.03. The molecule has 6 heteroatoms. The Bertz CT molecular complexity index is 1130. The molecule has 2 atom stereocenters. The highest BCUT2D eigenvalue weighted by atomic mass is 16.4. The van der Waals surface area contributed by atoms with Crippen molar-refractivity contribution in [3.05, 3.63) is 56.5 Å². The molecule has 2 aromatic rings. The Morgan fingerprint density at radius 2 is 1.76 bits per heavy atom. The van der Waals surface area contributed by atoms with Crippen molar-refractivity contribution in [2.24, 2.45) is 5.92 Å². The third kappa shape index (κ3) is 5.93. The number of phenolic OH excluding ortho intramolecular Hbond substituents is 2. The van der Waals surface area contributed by atoms with Gasteiger partial charge in [-0.3, -0.25) is 4.79 Å². The van der Waals surface area contributed by atoms with Crippen LogP contribution < -0.4 is 5.63 Å². The van der Waals surface area contributed by atoms with Crippen LogP contribution in [0.3, 0.4) is 0 Å². The number of benzene rings is 1. The number of Topliss-reactive ketones (excluding diaryl/α,β-unsaturated/α-hetero) is 1. The van der Waals surface area contributed by atoms with Crippen LogP contribution in [0.5, 0.6) is 11.5 Å². The fourth-order valence-corrected chi connectivity index (χ4v) is 3.77. The maximum absolute atomic E-state index is 13.1. The lowest BCUT2D eigenvalue weighted by atomic mass is 9.89. The number of hydrogen-bond acceptors (Lipinski definition) is 6. The molecule has 0 radical (unpaired) electrons. The molecule has 1 aromatic heterocycles.